The van der Waals surface area contributed by atoms with Crippen molar-refractivity contribution in [1.82, 2.24) is 0 Å². The topological polar surface area (TPSA) is 35.5 Å². The lowest BCUT2D eigenvalue weighted by Crippen LogP contribution is -2.06. The third kappa shape index (κ3) is 1.95. The molecule has 0 aliphatic carbocycles. The molecule has 0 amide bonds. The molecule has 0 N–H and O–H groups in total. The zero-order valence-electron chi connectivity index (χ0n) is 9.65. The van der Waals surface area contributed by atoms with Gasteiger partial charge in [-0.1, -0.05) is 60.7 Å². The highest BCUT2D eigenvalue weighted by Gasteiger charge is 2.38. The van der Waals surface area contributed by atoms with E-state index in [9.17, 15) is 4.79 Å². The molecule has 1 saturated heterocycles. The Balaban J connectivity index is 1.96. The van der Waals surface area contributed by atoms with E-state index >= 15 is 0 Å². The highest BCUT2D eigenvalue weighted by Crippen LogP contribution is 2.40. The number of hydrogen-bond acceptors (Lipinski definition) is 3. The molecule has 18 heavy (non-hydrogen) atoms. The van der Waals surface area contributed by atoms with Gasteiger partial charge in [-0.2, -0.15) is 0 Å². The summed E-state index contributed by atoms with van der Waals surface area (Å²) in [6.07, 6.45) is -1.36. The number of cyclic esters (lactones) is 2. The Bertz CT molecular complexity index is 487. The number of benzene rings is 2. The molecule has 1 aliphatic rings. The molecule has 0 aromatic heterocycles. The van der Waals surface area contributed by atoms with Crippen LogP contribution >= 0.6 is 0 Å². The van der Waals surface area contributed by atoms with Crippen LogP contribution in [0.3, 0.4) is 0 Å². The first-order valence-electron chi connectivity index (χ1n) is 5.82. The zero-order valence-corrected chi connectivity index (χ0v) is 9.65. The van der Waals surface area contributed by atoms with Crippen molar-refractivity contribution < 1.29 is 14.3 Å². The summed E-state index contributed by atoms with van der Waals surface area (Å²) in [6.45, 7) is 0. The fourth-order valence-corrected chi connectivity index (χ4v) is 2.13. The van der Waals surface area contributed by atoms with E-state index in [1.165, 1.54) is 0 Å². The number of carbonyl (C=O) groups is 1. The molecule has 2 aromatic rings. The maximum atomic E-state index is 11.4. The first-order chi connectivity index (χ1) is 8.84. The minimum absolute atomic E-state index is 0.374. The maximum absolute atomic E-state index is 11.4. The van der Waals surface area contributed by atoms with Gasteiger partial charge in [0.1, 0.15) is 0 Å². The van der Waals surface area contributed by atoms with E-state index in [0.717, 1.165) is 11.1 Å². The van der Waals surface area contributed by atoms with E-state index in [-0.39, 0.29) is 12.2 Å². The second-order valence-electron chi connectivity index (χ2n) is 4.15. The Morgan fingerprint density at radius 2 is 1.06 bits per heavy atom. The minimum atomic E-state index is -0.613. The molecule has 2 atom stereocenters. The van der Waals surface area contributed by atoms with Crippen molar-refractivity contribution in [3.8, 4) is 0 Å². The summed E-state index contributed by atoms with van der Waals surface area (Å²) in [6, 6.07) is 19.3. The van der Waals surface area contributed by atoms with Gasteiger partial charge in [-0.25, -0.2) is 4.79 Å². The standard InChI is InChI=1S/C15H12O3/c16-15-17-13(11-7-3-1-4-8-11)14(18-15)12-9-5-2-6-10-12/h1-10,13-14H/t13-,14-/m0/s1. The van der Waals surface area contributed by atoms with Crippen molar-refractivity contribution in [2.45, 2.75) is 12.2 Å². The molecule has 0 spiro atoms. The summed E-state index contributed by atoms with van der Waals surface area (Å²) in [5.41, 5.74) is 1.88. The lowest BCUT2D eigenvalue weighted by atomic mass is 9.99. The molecule has 0 bridgehead atoms. The average molecular weight is 240 g/mol. The minimum Gasteiger partial charge on any atom is -0.422 e. The van der Waals surface area contributed by atoms with Crippen LogP contribution in [0.25, 0.3) is 0 Å². The molecule has 1 aliphatic heterocycles. The molecule has 3 nitrogen and oxygen atoms in total. The summed E-state index contributed by atoms with van der Waals surface area (Å²) in [5, 5.41) is 0. The molecule has 0 unspecified atom stereocenters. The Morgan fingerprint density at radius 1 is 0.667 bits per heavy atom. The van der Waals surface area contributed by atoms with Crippen LogP contribution in [0.1, 0.15) is 23.3 Å². The smallest absolute Gasteiger partial charge is 0.422 e. The van der Waals surface area contributed by atoms with Crippen LogP contribution in [0.5, 0.6) is 0 Å². The van der Waals surface area contributed by atoms with E-state index in [0.29, 0.717) is 0 Å². The van der Waals surface area contributed by atoms with Gasteiger partial charge in [0.25, 0.3) is 0 Å². The third-order valence-electron chi connectivity index (χ3n) is 2.98. The molecule has 90 valence electrons. The second kappa shape index (κ2) is 4.53. The largest absolute Gasteiger partial charge is 0.509 e. The lowest BCUT2D eigenvalue weighted by molar-refractivity contribution is 0.116. The number of hydrogen-bond donors (Lipinski definition) is 0. The Labute approximate surface area is 105 Å². The highest BCUT2D eigenvalue weighted by molar-refractivity contribution is 5.63. The summed E-state index contributed by atoms with van der Waals surface area (Å²) in [4.78, 5) is 11.4. The zero-order chi connectivity index (χ0) is 12.4. The van der Waals surface area contributed by atoms with E-state index in [1.54, 1.807) is 0 Å². The highest BCUT2D eigenvalue weighted by atomic mass is 16.8. The van der Waals surface area contributed by atoms with Crippen molar-refractivity contribution in [1.29, 1.82) is 0 Å². The number of rotatable bonds is 2. The third-order valence-corrected chi connectivity index (χ3v) is 2.98. The van der Waals surface area contributed by atoms with E-state index in [4.69, 9.17) is 9.47 Å². The Morgan fingerprint density at radius 3 is 1.44 bits per heavy atom. The second-order valence-corrected chi connectivity index (χ2v) is 4.15. The van der Waals surface area contributed by atoms with Crippen molar-refractivity contribution in [3.63, 3.8) is 0 Å². The van der Waals surface area contributed by atoms with Gasteiger partial charge >= 0.3 is 6.16 Å². The van der Waals surface area contributed by atoms with Crippen molar-refractivity contribution in [3.05, 3.63) is 71.8 Å². The molecular formula is C15H12O3. The van der Waals surface area contributed by atoms with Gasteiger partial charge in [0.2, 0.25) is 0 Å². The SMILES string of the molecule is O=C1O[C@@H](c2ccccc2)[C@H](c2ccccc2)O1. The first kappa shape index (κ1) is 10.8. The first-order valence-corrected chi connectivity index (χ1v) is 5.82. The van der Waals surface area contributed by atoms with Crippen LogP contribution in [0.2, 0.25) is 0 Å². The Hall–Kier alpha value is -2.29. The fourth-order valence-electron chi connectivity index (χ4n) is 2.13. The lowest BCUT2D eigenvalue weighted by Gasteiger charge is -2.15. The van der Waals surface area contributed by atoms with E-state index < -0.39 is 6.16 Å². The van der Waals surface area contributed by atoms with Crippen molar-refractivity contribution >= 4 is 6.16 Å². The summed E-state index contributed by atoms with van der Waals surface area (Å²) < 4.78 is 10.5. The molecular weight excluding hydrogens is 228 g/mol. The van der Waals surface area contributed by atoms with Crippen LogP contribution in [0.4, 0.5) is 4.79 Å². The molecule has 1 fully saturated rings. The van der Waals surface area contributed by atoms with Crippen LogP contribution in [-0.4, -0.2) is 6.16 Å². The molecule has 3 heteroatoms. The molecule has 0 saturated carbocycles. The van der Waals surface area contributed by atoms with Crippen LogP contribution in [-0.2, 0) is 9.47 Å². The van der Waals surface area contributed by atoms with Gasteiger partial charge in [-0.15, -0.1) is 0 Å². The fraction of sp³-hybridized carbons (Fsp3) is 0.133. The quantitative estimate of drug-likeness (QED) is 0.752. The number of ether oxygens (including phenoxy) is 2. The van der Waals surface area contributed by atoms with Crippen LogP contribution in [0, 0.1) is 0 Å². The van der Waals surface area contributed by atoms with Gasteiger partial charge < -0.3 is 9.47 Å². The van der Waals surface area contributed by atoms with Gasteiger partial charge in [-0.3, -0.25) is 0 Å². The van der Waals surface area contributed by atoms with Gasteiger partial charge in [0.05, 0.1) is 0 Å². The number of carbonyl (C=O) groups excluding carboxylic acids is 1. The molecule has 1 heterocycles. The summed E-state index contributed by atoms with van der Waals surface area (Å²) in [7, 11) is 0. The normalized spacial score (nSPS) is 22.3. The van der Waals surface area contributed by atoms with Gasteiger partial charge in [0, 0.05) is 0 Å². The van der Waals surface area contributed by atoms with E-state index in [2.05, 4.69) is 0 Å². The molecule has 2 aromatic carbocycles. The molecule has 3 rings (SSSR count). The maximum Gasteiger partial charge on any atom is 0.509 e. The van der Waals surface area contributed by atoms with Crippen molar-refractivity contribution in [2.75, 3.05) is 0 Å². The predicted molar refractivity (Wildman–Crippen MR) is 65.9 cm³/mol. The van der Waals surface area contributed by atoms with Crippen molar-refractivity contribution in [2.24, 2.45) is 0 Å². The summed E-state index contributed by atoms with van der Waals surface area (Å²) in [5.74, 6) is 0. The van der Waals surface area contributed by atoms with Crippen LogP contribution in [0.15, 0.2) is 60.7 Å². The van der Waals surface area contributed by atoms with Crippen LogP contribution < -0.4 is 0 Å². The molecule has 0 radical (unpaired) electrons. The monoisotopic (exact) mass is 240 g/mol. The predicted octanol–water partition coefficient (Wildman–Crippen LogP) is 3.64. The van der Waals surface area contributed by atoms with Gasteiger partial charge in [0.15, 0.2) is 12.2 Å². The Kier molecular flexibility index (Phi) is 2.73. The van der Waals surface area contributed by atoms with E-state index in [1.807, 2.05) is 60.7 Å². The average Bonchev–Trinajstić information content (AvgIpc) is 2.83. The summed E-state index contributed by atoms with van der Waals surface area (Å²) >= 11 is 0. The van der Waals surface area contributed by atoms with Gasteiger partial charge in [-0.05, 0) is 11.1 Å².